The van der Waals surface area contributed by atoms with Crippen LogP contribution in [0.25, 0.3) is 11.2 Å². The second kappa shape index (κ2) is 13.1. The lowest BCUT2D eigenvalue weighted by Gasteiger charge is -2.38. The molecule has 250 valence electrons. The maximum atomic E-state index is 14.5. The summed E-state index contributed by atoms with van der Waals surface area (Å²) < 4.78 is 27.6. The highest BCUT2D eigenvalue weighted by molar-refractivity contribution is 6.74. The first kappa shape index (κ1) is 33.8. The molecule has 1 aliphatic rings. The van der Waals surface area contributed by atoms with Crippen molar-refractivity contribution < 1.29 is 23.4 Å². The van der Waals surface area contributed by atoms with Gasteiger partial charge in [0.15, 0.2) is 37.9 Å². The van der Waals surface area contributed by atoms with Crippen molar-refractivity contribution in [3.05, 3.63) is 113 Å². The molecule has 2 aromatic heterocycles. The topological polar surface area (TPSA) is 124 Å². The van der Waals surface area contributed by atoms with Crippen LogP contribution in [0.4, 0.5) is 5.82 Å². The van der Waals surface area contributed by atoms with Crippen molar-refractivity contribution in [1.82, 2.24) is 19.5 Å². The van der Waals surface area contributed by atoms with Gasteiger partial charge in [0.25, 0.3) is 0 Å². The smallest absolute Gasteiger partial charge is 0.226 e. The van der Waals surface area contributed by atoms with Crippen LogP contribution in [0.1, 0.15) is 43.7 Å². The first-order valence-electron chi connectivity index (χ1n) is 15.8. The number of methoxy groups -OCH3 is 1. The van der Waals surface area contributed by atoms with E-state index in [-0.39, 0.29) is 28.5 Å². The summed E-state index contributed by atoms with van der Waals surface area (Å²) >= 11 is 6.21. The Morgan fingerprint density at radius 3 is 2.06 bits per heavy atom. The molecule has 0 amide bonds. The van der Waals surface area contributed by atoms with Gasteiger partial charge in [-0.3, -0.25) is 9.36 Å². The maximum Gasteiger partial charge on any atom is 0.226 e. The molecule has 3 atom stereocenters. The highest BCUT2D eigenvalue weighted by atomic mass is 35.5. The number of ether oxygens (including phenoxy) is 3. The molecule has 2 N–H and O–H groups in total. The number of carbonyl (C=O) groups is 1. The molecule has 1 unspecified atom stereocenters. The van der Waals surface area contributed by atoms with E-state index in [9.17, 15) is 4.79 Å². The van der Waals surface area contributed by atoms with E-state index in [0.717, 1.165) is 16.7 Å². The number of Topliss-reactive ketones (excluding diaryl/α,β-unsaturated/α-hetero) is 1. The van der Waals surface area contributed by atoms with Crippen LogP contribution in [0.15, 0.2) is 91.3 Å². The van der Waals surface area contributed by atoms with Crippen molar-refractivity contribution in [2.45, 2.75) is 62.9 Å². The first-order chi connectivity index (χ1) is 22.9. The standard InChI is InChI=1S/C36H40ClN5O5Si/c1-35(2,3)48(5,6)47-30-29(43)27(46-33(30)42-22-39-28-31(38)40-34(37)41-32(28)42)21-45-36(23-13-9-7-10-14-23,24-15-11-8-12-16-24)25-17-19-26(44-4)20-18-25/h7-20,22,27,30,33H,21H2,1-6H3,(H2,38,40,41)/t27-,30?,33-/m1/s1. The van der Waals surface area contributed by atoms with Gasteiger partial charge in [-0.2, -0.15) is 9.97 Å². The fraction of sp³-hybridized carbons (Fsp3) is 0.333. The van der Waals surface area contributed by atoms with Crippen molar-refractivity contribution in [2.75, 3.05) is 19.5 Å². The molecule has 0 bridgehead atoms. The molecule has 48 heavy (non-hydrogen) atoms. The van der Waals surface area contributed by atoms with Crippen molar-refractivity contribution in [1.29, 1.82) is 0 Å². The Hall–Kier alpha value is -4.13. The molecule has 5 aromatic rings. The van der Waals surface area contributed by atoms with Gasteiger partial charge in [0.2, 0.25) is 5.28 Å². The van der Waals surface area contributed by atoms with Crippen LogP contribution in [0, 0.1) is 0 Å². The number of aromatic nitrogens is 4. The number of fused-ring (bicyclic) bond motifs is 1. The van der Waals surface area contributed by atoms with E-state index in [1.54, 1.807) is 11.7 Å². The summed E-state index contributed by atoms with van der Waals surface area (Å²) in [5, 5.41) is -0.216. The van der Waals surface area contributed by atoms with Crippen molar-refractivity contribution in [2.24, 2.45) is 0 Å². The summed E-state index contributed by atoms with van der Waals surface area (Å²) in [6.07, 6.45) is -1.32. The number of benzene rings is 3. The highest BCUT2D eigenvalue weighted by Crippen LogP contribution is 2.44. The fourth-order valence-corrected chi connectivity index (χ4v) is 7.18. The molecule has 12 heteroatoms. The molecule has 3 heterocycles. The van der Waals surface area contributed by atoms with Gasteiger partial charge in [0, 0.05) is 0 Å². The molecule has 1 saturated heterocycles. The van der Waals surface area contributed by atoms with Crippen LogP contribution in [0.3, 0.4) is 0 Å². The molecule has 1 aliphatic heterocycles. The van der Waals surface area contributed by atoms with Gasteiger partial charge < -0.3 is 24.4 Å². The fourth-order valence-electron chi connectivity index (χ4n) is 5.79. The number of imidazole rings is 1. The van der Waals surface area contributed by atoms with Crippen LogP contribution in [-0.2, 0) is 24.3 Å². The number of nitrogen functional groups attached to an aromatic ring is 1. The maximum absolute atomic E-state index is 14.5. The molecule has 6 rings (SSSR count). The largest absolute Gasteiger partial charge is 0.497 e. The number of hydrogen-bond acceptors (Lipinski definition) is 9. The molecular weight excluding hydrogens is 646 g/mol. The zero-order valence-corrected chi connectivity index (χ0v) is 29.6. The molecule has 0 spiro atoms. The van der Waals surface area contributed by atoms with Crippen molar-refractivity contribution in [3.63, 3.8) is 0 Å². The van der Waals surface area contributed by atoms with Gasteiger partial charge in [-0.25, -0.2) is 4.98 Å². The van der Waals surface area contributed by atoms with E-state index in [1.807, 2.05) is 84.9 Å². The van der Waals surface area contributed by atoms with E-state index < -0.39 is 32.4 Å². The van der Waals surface area contributed by atoms with Gasteiger partial charge in [-0.05, 0) is 58.6 Å². The average Bonchev–Trinajstić information content (AvgIpc) is 3.62. The van der Waals surface area contributed by atoms with Crippen molar-refractivity contribution >= 4 is 42.7 Å². The van der Waals surface area contributed by atoms with Crippen molar-refractivity contribution in [3.8, 4) is 5.75 Å². The Morgan fingerprint density at radius 2 is 1.50 bits per heavy atom. The number of halogens is 1. The molecular formula is C36H40ClN5O5Si. The van der Waals surface area contributed by atoms with Crippen LogP contribution < -0.4 is 10.5 Å². The Bertz CT molecular complexity index is 1860. The van der Waals surface area contributed by atoms with E-state index in [4.69, 9.17) is 36.0 Å². The van der Waals surface area contributed by atoms with Gasteiger partial charge in [0.1, 0.15) is 23.0 Å². The first-order valence-corrected chi connectivity index (χ1v) is 19.1. The molecule has 0 radical (unpaired) electrons. The Morgan fingerprint density at radius 1 is 0.917 bits per heavy atom. The van der Waals surface area contributed by atoms with Gasteiger partial charge >= 0.3 is 0 Å². The summed E-state index contributed by atoms with van der Waals surface area (Å²) in [5.41, 5.74) is 8.37. The number of nitrogens with zero attached hydrogens (tertiary/aromatic N) is 4. The normalized spacial score (nSPS) is 18.8. The monoisotopic (exact) mass is 685 g/mol. The second-order valence-electron chi connectivity index (χ2n) is 13.4. The highest BCUT2D eigenvalue weighted by Gasteiger charge is 2.52. The minimum absolute atomic E-state index is 0.0391. The van der Waals surface area contributed by atoms with Gasteiger partial charge in [-0.1, -0.05) is 93.6 Å². The summed E-state index contributed by atoms with van der Waals surface area (Å²) in [5.74, 6) is 0.614. The lowest BCUT2D eigenvalue weighted by Crippen LogP contribution is -2.47. The number of ketones is 1. The Kier molecular flexibility index (Phi) is 9.18. The average molecular weight is 686 g/mol. The third-order valence-electron chi connectivity index (χ3n) is 9.39. The van der Waals surface area contributed by atoms with E-state index in [2.05, 4.69) is 48.8 Å². The van der Waals surface area contributed by atoms with Crippen LogP contribution >= 0.6 is 11.6 Å². The molecule has 0 aliphatic carbocycles. The number of rotatable bonds is 10. The molecule has 10 nitrogen and oxygen atoms in total. The van der Waals surface area contributed by atoms with E-state index >= 15 is 0 Å². The number of anilines is 1. The van der Waals surface area contributed by atoms with Crippen LogP contribution in [0.5, 0.6) is 5.75 Å². The van der Waals surface area contributed by atoms with E-state index in [0.29, 0.717) is 16.9 Å². The summed E-state index contributed by atoms with van der Waals surface area (Å²) in [6, 6.07) is 27.6. The Balaban J connectivity index is 1.43. The number of nitrogens with two attached hydrogens (primary N) is 1. The Labute approximate surface area is 286 Å². The lowest BCUT2D eigenvalue weighted by atomic mass is 9.80. The predicted molar refractivity (Wildman–Crippen MR) is 187 cm³/mol. The van der Waals surface area contributed by atoms with Crippen LogP contribution in [-0.4, -0.2) is 59.5 Å². The third-order valence-corrected chi connectivity index (χ3v) is 14.0. The van der Waals surface area contributed by atoms with E-state index in [1.165, 1.54) is 6.33 Å². The zero-order valence-electron chi connectivity index (χ0n) is 27.9. The summed E-state index contributed by atoms with van der Waals surface area (Å²) in [7, 11) is -0.851. The van der Waals surface area contributed by atoms with Crippen LogP contribution in [0.2, 0.25) is 23.4 Å². The minimum Gasteiger partial charge on any atom is -0.497 e. The lowest BCUT2D eigenvalue weighted by molar-refractivity contribution is -0.131. The SMILES string of the molecule is COc1ccc(C(OC[C@H]2O[C@@H](n3cnc4c(N)nc(Cl)nc43)C(O[Si](C)(C)C(C)(C)C)C2=O)(c2ccccc2)c2ccccc2)cc1. The third kappa shape index (κ3) is 6.12. The summed E-state index contributed by atoms with van der Waals surface area (Å²) in [4.78, 5) is 27.3. The van der Waals surface area contributed by atoms with Gasteiger partial charge in [-0.15, -0.1) is 0 Å². The number of carbonyl (C=O) groups excluding carboxylic acids is 1. The molecule has 3 aromatic carbocycles. The molecule has 1 fully saturated rings. The zero-order chi connectivity index (χ0) is 34.3. The second-order valence-corrected chi connectivity index (χ2v) is 18.5. The van der Waals surface area contributed by atoms with Gasteiger partial charge in [0.05, 0.1) is 20.0 Å². The summed E-state index contributed by atoms with van der Waals surface area (Å²) in [6.45, 7) is 10.5. The quantitative estimate of drug-likeness (QED) is 0.0946. The minimum atomic E-state index is -2.48. The predicted octanol–water partition coefficient (Wildman–Crippen LogP) is 6.94. The molecule has 0 saturated carbocycles. The number of hydrogen-bond donors (Lipinski definition) is 1.